The van der Waals surface area contributed by atoms with Crippen LogP contribution in [0.5, 0.6) is 11.5 Å². The molecule has 0 spiro atoms. The number of carbonyl (C=O) groups is 1. The van der Waals surface area contributed by atoms with Gasteiger partial charge in [-0.15, -0.1) is 5.10 Å². The summed E-state index contributed by atoms with van der Waals surface area (Å²) < 4.78 is 11.3. The van der Waals surface area contributed by atoms with Crippen LogP contribution in [0.25, 0.3) is 5.69 Å². The summed E-state index contributed by atoms with van der Waals surface area (Å²) in [4.78, 5) is 16.5. The van der Waals surface area contributed by atoms with Crippen LogP contribution >= 0.6 is 0 Å². The van der Waals surface area contributed by atoms with E-state index in [0.717, 1.165) is 35.6 Å². The van der Waals surface area contributed by atoms with E-state index in [1.165, 1.54) is 11.0 Å². The topological polar surface area (TPSA) is 69.5 Å². The van der Waals surface area contributed by atoms with Gasteiger partial charge in [0.05, 0.1) is 17.9 Å². The Morgan fingerprint density at radius 2 is 1.86 bits per heavy atom. The number of para-hydroxylation sites is 1. The highest BCUT2D eigenvalue weighted by Gasteiger charge is 2.32. The molecule has 0 saturated carbocycles. The summed E-state index contributed by atoms with van der Waals surface area (Å²) in [5, 5.41) is 8.65. The molecule has 0 aliphatic carbocycles. The zero-order chi connectivity index (χ0) is 18.9. The van der Waals surface area contributed by atoms with Gasteiger partial charge in [-0.3, -0.25) is 4.79 Å². The van der Waals surface area contributed by atoms with Crippen molar-refractivity contribution in [1.29, 1.82) is 0 Å². The highest BCUT2D eigenvalue weighted by molar-refractivity contribution is 5.92. The smallest absolute Gasteiger partial charge is 0.276 e. The number of rotatable bonds is 3. The average Bonchev–Trinajstić information content (AvgIpc) is 3.44. The predicted octanol–water partition coefficient (Wildman–Crippen LogP) is 3.02. The third-order valence-electron chi connectivity index (χ3n) is 5.16. The molecule has 2 aromatic carbocycles. The molecule has 1 aromatic heterocycles. The van der Waals surface area contributed by atoms with E-state index in [4.69, 9.17) is 9.47 Å². The Morgan fingerprint density at radius 3 is 2.71 bits per heavy atom. The maximum Gasteiger partial charge on any atom is 0.276 e. The fourth-order valence-corrected chi connectivity index (χ4v) is 3.82. The second-order valence-electron chi connectivity index (χ2n) is 6.91. The molecule has 7 heteroatoms. The molecule has 0 radical (unpaired) electrons. The van der Waals surface area contributed by atoms with Gasteiger partial charge in [-0.05, 0) is 42.7 Å². The zero-order valence-electron chi connectivity index (χ0n) is 15.3. The number of hydrogen-bond acceptors (Lipinski definition) is 5. The van der Waals surface area contributed by atoms with Crippen LogP contribution < -0.4 is 9.47 Å². The third-order valence-corrected chi connectivity index (χ3v) is 5.16. The highest BCUT2D eigenvalue weighted by Crippen LogP contribution is 2.38. The molecule has 7 nitrogen and oxygen atoms in total. The summed E-state index contributed by atoms with van der Waals surface area (Å²) in [7, 11) is 0. The van der Waals surface area contributed by atoms with Gasteiger partial charge >= 0.3 is 0 Å². The summed E-state index contributed by atoms with van der Waals surface area (Å²) in [6.07, 6.45) is 3.41. The van der Waals surface area contributed by atoms with Crippen LogP contribution in [0, 0.1) is 0 Å². The summed E-state index contributed by atoms with van der Waals surface area (Å²) in [6.45, 7) is 1.82. The second-order valence-corrected chi connectivity index (χ2v) is 6.91. The van der Waals surface area contributed by atoms with Crippen LogP contribution in [0.1, 0.15) is 34.9 Å². The van der Waals surface area contributed by atoms with E-state index >= 15 is 0 Å². The number of aromatic nitrogens is 3. The molecule has 2 aliphatic rings. The zero-order valence-corrected chi connectivity index (χ0v) is 15.3. The SMILES string of the molecule is O=C(c1cnn(-c2ccccc2)n1)N1CCC[C@H]1c1ccc2c(c1)OCCO2. The third kappa shape index (κ3) is 2.98. The number of nitrogens with zero attached hydrogens (tertiary/aromatic N) is 4. The molecule has 1 amide bonds. The first-order valence-electron chi connectivity index (χ1n) is 9.48. The Kier molecular flexibility index (Phi) is 4.20. The average molecular weight is 376 g/mol. The van der Waals surface area contributed by atoms with E-state index in [9.17, 15) is 4.79 Å². The summed E-state index contributed by atoms with van der Waals surface area (Å²) >= 11 is 0. The molecule has 3 heterocycles. The van der Waals surface area contributed by atoms with Crippen LogP contribution in [0.2, 0.25) is 0 Å². The Labute approximate surface area is 162 Å². The number of fused-ring (bicyclic) bond motifs is 1. The van der Waals surface area contributed by atoms with Crippen LogP contribution in [0.15, 0.2) is 54.7 Å². The predicted molar refractivity (Wildman–Crippen MR) is 102 cm³/mol. The van der Waals surface area contributed by atoms with Crippen LogP contribution in [0.3, 0.4) is 0 Å². The van der Waals surface area contributed by atoms with Crippen LogP contribution in [0.4, 0.5) is 0 Å². The van der Waals surface area contributed by atoms with Crippen molar-refractivity contribution < 1.29 is 14.3 Å². The summed E-state index contributed by atoms with van der Waals surface area (Å²) in [5.74, 6) is 1.41. The molecule has 1 fully saturated rings. The maximum absolute atomic E-state index is 13.1. The van der Waals surface area contributed by atoms with Gasteiger partial charge in [0, 0.05) is 6.54 Å². The molecule has 0 unspecified atom stereocenters. The molecule has 142 valence electrons. The number of benzene rings is 2. The van der Waals surface area contributed by atoms with Crippen molar-refractivity contribution in [3.05, 3.63) is 66.0 Å². The van der Waals surface area contributed by atoms with E-state index in [1.807, 2.05) is 53.4 Å². The van der Waals surface area contributed by atoms with Gasteiger partial charge in [0.2, 0.25) is 0 Å². The van der Waals surface area contributed by atoms with Gasteiger partial charge in [0.15, 0.2) is 17.2 Å². The van der Waals surface area contributed by atoms with Crippen LogP contribution in [-0.4, -0.2) is 45.6 Å². The van der Waals surface area contributed by atoms with E-state index in [-0.39, 0.29) is 11.9 Å². The lowest BCUT2D eigenvalue weighted by Gasteiger charge is -2.26. The Balaban J connectivity index is 1.40. The van der Waals surface area contributed by atoms with E-state index < -0.39 is 0 Å². The molecule has 28 heavy (non-hydrogen) atoms. The lowest BCUT2D eigenvalue weighted by molar-refractivity contribution is 0.0728. The molecular weight excluding hydrogens is 356 g/mol. The van der Waals surface area contributed by atoms with E-state index in [2.05, 4.69) is 10.2 Å². The van der Waals surface area contributed by atoms with Crippen molar-refractivity contribution in [2.75, 3.05) is 19.8 Å². The molecule has 1 saturated heterocycles. The summed E-state index contributed by atoms with van der Waals surface area (Å²) in [5.41, 5.74) is 2.24. The molecule has 0 bridgehead atoms. The van der Waals surface area contributed by atoms with Crippen molar-refractivity contribution in [3.8, 4) is 17.2 Å². The van der Waals surface area contributed by atoms with Crippen molar-refractivity contribution >= 4 is 5.91 Å². The maximum atomic E-state index is 13.1. The fraction of sp³-hybridized carbons (Fsp3) is 0.286. The van der Waals surface area contributed by atoms with Gasteiger partial charge in [-0.1, -0.05) is 24.3 Å². The van der Waals surface area contributed by atoms with E-state index in [1.54, 1.807) is 0 Å². The number of carbonyl (C=O) groups excluding carboxylic acids is 1. The Hall–Kier alpha value is -3.35. The summed E-state index contributed by atoms with van der Waals surface area (Å²) in [6, 6.07) is 15.5. The Morgan fingerprint density at radius 1 is 1.04 bits per heavy atom. The number of amides is 1. The monoisotopic (exact) mass is 376 g/mol. The number of likely N-dealkylation sites (tertiary alicyclic amines) is 1. The molecule has 2 aliphatic heterocycles. The van der Waals surface area contributed by atoms with Gasteiger partial charge in [-0.25, -0.2) is 0 Å². The minimum Gasteiger partial charge on any atom is -0.486 e. The standard InChI is InChI=1S/C21H20N4O3/c26-21(17-14-22-25(23-17)16-5-2-1-3-6-16)24-10-4-7-18(24)15-8-9-19-20(13-15)28-12-11-27-19/h1-3,5-6,8-9,13-14,18H,4,7,10-12H2/t18-/m0/s1. The molecular formula is C21H20N4O3. The normalized spacial score (nSPS) is 18.3. The lowest BCUT2D eigenvalue weighted by Crippen LogP contribution is -2.31. The first-order chi connectivity index (χ1) is 13.8. The fourth-order valence-electron chi connectivity index (χ4n) is 3.82. The quantitative estimate of drug-likeness (QED) is 0.703. The first kappa shape index (κ1) is 16.8. The first-order valence-corrected chi connectivity index (χ1v) is 9.48. The Bertz CT molecular complexity index is 1000. The van der Waals surface area contributed by atoms with Crippen molar-refractivity contribution in [2.24, 2.45) is 0 Å². The lowest BCUT2D eigenvalue weighted by atomic mass is 10.0. The van der Waals surface area contributed by atoms with Crippen molar-refractivity contribution in [2.45, 2.75) is 18.9 Å². The minimum atomic E-state index is -0.0976. The van der Waals surface area contributed by atoms with Gasteiger partial charge in [-0.2, -0.15) is 9.90 Å². The number of hydrogen-bond donors (Lipinski definition) is 0. The molecule has 3 aromatic rings. The van der Waals surface area contributed by atoms with Gasteiger partial charge in [0.25, 0.3) is 5.91 Å². The van der Waals surface area contributed by atoms with Crippen molar-refractivity contribution in [1.82, 2.24) is 19.9 Å². The highest BCUT2D eigenvalue weighted by atomic mass is 16.6. The number of ether oxygens (including phenoxy) is 2. The molecule has 0 N–H and O–H groups in total. The minimum absolute atomic E-state index is 0.00482. The molecule has 1 atom stereocenters. The van der Waals surface area contributed by atoms with Crippen LogP contribution in [-0.2, 0) is 0 Å². The van der Waals surface area contributed by atoms with Gasteiger partial charge in [0.1, 0.15) is 13.2 Å². The second kappa shape index (κ2) is 6.99. The van der Waals surface area contributed by atoms with Gasteiger partial charge < -0.3 is 14.4 Å². The largest absolute Gasteiger partial charge is 0.486 e. The molecule has 5 rings (SSSR count). The van der Waals surface area contributed by atoms with Crippen molar-refractivity contribution in [3.63, 3.8) is 0 Å². The van der Waals surface area contributed by atoms with E-state index in [0.29, 0.717) is 25.5 Å².